The van der Waals surface area contributed by atoms with E-state index < -0.39 is 11.4 Å². The van der Waals surface area contributed by atoms with Crippen molar-refractivity contribution in [3.8, 4) is 50.3 Å². The molecule has 1 heterocycles. The van der Waals surface area contributed by atoms with Gasteiger partial charge in [-0.05, 0) is 41.4 Å². The molecule has 0 saturated carbocycles. The summed E-state index contributed by atoms with van der Waals surface area (Å²) in [4.78, 5) is 0.837. The molecule has 8 nitrogen and oxygen atoms in total. The van der Waals surface area contributed by atoms with Crippen LogP contribution in [0.3, 0.4) is 0 Å². The Morgan fingerprint density at radius 1 is 0.862 bits per heavy atom. The van der Waals surface area contributed by atoms with Crippen LogP contribution in [-0.4, -0.2) is 41.6 Å². The standard InChI is InChI=1S/C19H19NO7S2/c1-23-14-6-5-11(7-15(14)27-29(21)22)13-10-20-28-19(13)12-8-16(24-2)18(26-4)17(9-12)25-3/h5-10H,1-4H3,(H,21,22)/p-1. The summed E-state index contributed by atoms with van der Waals surface area (Å²) in [7, 11) is 6.07. The quantitative estimate of drug-likeness (QED) is 0.493. The lowest BCUT2D eigenvalue weighted by molar-refractivity contribution is 0.324. The van der Waals surface area contributed by atoms with Crippen LogP contribution in [0.25, 0.3) is 21.6 Å². The minimum absolute atomic E-state index is 0.0837. The summed E-state index contributed by atoms with van der Waals surface area (Å²) in [6, 6.07) is 8.66. The average molecular weight is 436 g/mol. The molecule has 3 aromatic rings. The molecule has 2 aromatic carbocycles. The van der Waals surface area contributed by atoms with Crippen molar-refractivity contribution in [2.24, 2.45) is 0 Å². The fraction of sp³-hybridized carbons (Fsp3) is 0.211. The summed E-state index contributed by atoms with van der Waals surface area (Å²) in [5, 5.41) is 0. The lowest BCUT2D eigenvalue weighted by atomic mass is 10.0. The van der Waals surface area contributed by atoms with Crippen LogP contribution in [0.1, 0.15) is 0 Å². The van der Waals surface area contributed by atoms with Crippen molar-refractivity contribution in [1.82, 2.24) is 4.37 Å². The van der Waals surface area contributed by atoms with Crippen LogP contribution in [0.4, 0.5) is 0 Å². The molecule has 0 aliphatic rings. The zero-order valence-corrected chi connectivity index (χ0v) is 17.7. The molecule has 0 radical (unpaired) electrons. The molecule has 0 fully saturated rings. The van der Waals surface area contributed by atoms with E-state index in [2.05, 4.69) is 4.37 Å². The molecule has 0 saturated heterocycles. The van der Waals surface area contributed by atoms with Gasteiger partial charge in [0, 0.05) is 17.3 Å². The fourth-order valence-corrected chi connectivity index (χ4v) is 3.88. The number of hydrogen-bond acceptors (Lipinski definition) is 9. The first-order valence-corrected chi connectivity index (χ1v) is 10.0. The van der Waals surface area contributed by atoms with Gasteiger partial charge in [-0.15, -0.1) is 0 Å². The molecule has 29 heavy (non-hydrogen) atoms. The van der Waals surface area contributed by atoms with Gasteiger partial charge in [-0.1, -0.05) is 6.07 Å². The van der Waals surface area contributed by atoms with Gasteiger partial charge >= 0.3 is 0 Å². The Hall–Kier alpha value is -2.82. The third-order valence-electron chi connectivity index (χ3n) is 4.13. The zero-order chi connectivity index (χ0) is 21.0. The Bertz CT molecular complexity index is 1010. The van der Waals surface area contributed by atoms with Gasteiger partial charge in [-0.3, -0.25) is 0 Å². The van der Waals surface area contributed by atoms with Gasteiger partial charge < -0.3 is 27.7 Å². The van der Waals surface area contributed by atoms with Gasteiger partial charge in [-0.25, -0.2) is 4.21 Å². The van der Waals surface area contributed by atoms with Crippen molar-refractivity contribution in [1.29, 1.82) is 0 Å². The zero-order valence-electron chi connectivity index (χ0n) is 16.1. The molecule has 154 valence electrons. The number of hydrogen-bond donors (Lipinski definition) is 0. The Balaban J connectivity index is 2.12. The van der Waals surface area contributed by atoms with Gasteiger partial charge in [0.15, 0.2) is 23.0 Å². The second-order valence-corrected chi connectivity index (χ2v) is 7.01. The summed E-state index contributed by atoms with van der Waals surface area (Å²) < 4.78 is 52.5. The van der Waals surface area contributed by atoms with Crippen LogP contribution in [0.5, 0.6) is 28.7 Å². The number of rotatable bonds is 8. The molecule has 0 amide bonds. The molecule has 3 rings (SSSR count). The summed E-state index contributed by atoms with van der Waals surface area (Å²) in [5.74, 6) is 1.90. The van der Waals surface area contributed by atoms with E-state index in [1.54, 1.807) is 38.6 Å². The third-order valence-corrected chi connectivity index (χ3v) is 5.29. The molecule has 0 bridgehead atoms. The van der Waals surface area contributed by atoms with Crippen LogP contribution in [0.2, 0.25) is 0 Å². The number of aromatic nitrogens is 1. The maximum absolute atomic E-state index is 11.0. The van der Waals surface area contributed by atoms with E-state index in [-0.39, 0.29) is 5.75 Å². The highest BCUT2D eigenvalue weighted by Crippen LogP contribution is 2.45. The topological polar surface area (TPSA) is 99.2 Å². The van der Waals surface area contributed by atoms with Crippen LogP contribution < -0.4 is 23.1 Å². The van der Waals surface area contributed by atoms with Gasteiger partial charge in [0.2, 0.25) is 5.75 Å². The monoisotopic (exact) mass is 436 g/mol. The molecular weight excluding hydrogens is 418 g/mol. The highest BCUT2D eigenvalue weighted by molar-refractivity contribution is 7.74. The second-order valence-electron chi connectivity index (χ2n) is 5.64. The Morgan fingerprint density at radius 3 is 2.03 bits per heavy atom. The lowest BCUT2D eigenvalue weighted by Gasteiger charge is -2.15. The number of nitrogens with zero attached hydrogens (tertiary/aromatic N) is 1. The van der Waals surface area contributed by atoms with E-state index in [0.717, 1.165) is 16.0 Å². The van der Waals surface area contributed by atoms with Crippen LogP contribution in [0.15, 0.2) is 36.5 Å². The van der Waals surface area contributed by atoms with E-state index in [9.17, 15) is 8.76 Å². The van der Waals surface area contributed by atoms with E-state index in [1.165, 1.54) is 25.8 Å². The third kappa shape index (κ3) is 4.29. The minimum atomic E-state index is -2.73. The molecule has 1 unspecified atom stereocenters. The summed E-state index contributed by atoms with van der Waals surface area (Å²) in [6.07, 6.45) is 1.70. The predicted molar refractivity (Wildman–Crippen MR) is 109 cm³/mol. The fourth-order valence-electron chi connectivity index (χ4n) is 2.85. The van der Waals surface area contributed by atoms with Gasteiger partial charge in [0.1, 0.15) is 11.4 Å². The average Bonchev–Trinajstić information content (AvgIpc) is 3.22. The minimum Gasteiger partial charge on any atom is -0.740 e. The van der Waals surface area contributed by atoms with Crippen LogP contribution in [-0.2, 0) is 11.4 Å². The van der Waals surface area contributed by atoms with E-state index >= 15 is 0 Å². The first-order valence-electron chi connectivity index (χ1n) is 8.23. The van der Waals surface area contributed by atoms with Crippen molar-refractivity contribution in [3.05, 3.63) is 36.5 Å². The van der Waals surface area contributed by atoms with Gasteiger partial charge in [0.05, 0.1) is 33.3 Å². The maximum atomic E-state index is 11.0. The number of methoxy groups -OCH3 is 4. The van der Waals surface area contributed by atoms with Crippen molar-refractivity contribution < 1.29 is 31.9 Å². The summed E-state index contributed by atoms with van der Waals surface area (Å²) in [5.41, 5.74) is 2.31. The molecule has 0 N–H and O–H groups in total. The molecule has 10 heteroatoms. The van der Waals surface area contributed by atoms with Crippen LogP contribution in [0, 0.1) is 0 Å². The molecule has 0 aliphatic carbocycles. The Kier molecular flexibility index (Phi) is 6.57. The maximum Gasteiger partial charge on any atom is 0.203 e. The van der Waals surface area contributed by atoms with E-state index in [0.29, 0.717) is 28.6 Å². The highest BCUT2D eigenvalue weighted by atomic mass is 32.2. The lowest BCUT2D eigenvalue weighted by Crippen LogP contribution is -2.00. The Labute approximate surface area is 174 Å². The van der Waals surface area contributed by atoms with Gasteiger partial charge in [0.25, 0.3) is 0 Å². The largest absolute Gasteiger partial charge is 0.740 e. The van der Waals surface area contributed by atoms with Crippen molar-refractivity contribution >= 4 is 22.9 Å². The van der Waals surface area contributed by atoms with Gasteiger partial charge in [-0.2, -0.15) is 4.37 Å². The van der Waals surface area contributed by atoms with Crippen molar-refractivity contribution in [2.75, 3.05) is 28.4 Å². The van der Waals surface area contributed by atoms with Crippen LogP contribution >= 0.6 is 11.5 Å². The summed E-state index contributed by atoms with van der Waals surface area (Å²) in [6.45, 7) is 0. The molecule has 1 atom stereocenters. The predicted octanol–water partition coefficient (Wildman–Crippen LogP) is 3.68. The number of ether oxygens (including phenoxy) is 4. The highest BCUT2D eigenvalue weighted by Gasteiger charge is 2.19. The first-order chi connectivity index (χ1) is 14.0. The SMILES string of the molecule is COc1ccc(-c2cnsc2-c2cc(OC)c(OC)c(OC)c2)cc1OS(=O)[O-]. The molecule has 0 aliphatic heterocycles. The molecule has 1 aromatic heterocycles. The van der Waals surface area contributed by atoms with E-state index in [1.807, 2.05) is 12.1 Å². The molecular formula is C19H18NO7S2-. The molecule has 0 spiro atoms. The van der Waals surface area contributed by atoms with E-state index in [4.69, 9.17) is 23.1 Å². The first kappa shape index (κ1) is 20.9. The summed E-state index contributed by atoms with van der Waals surface area (Å²) >= 11 is -1.44. The van der Waals surface area contributed by atoms with Crippen molar-refractivity contribution in [2.45, 2.75) is 0 Å². The number of benzene rings is 2. The second kappa shape index (κ2) is 9.12. The van der Waals surface area contributed by atoms with Crippen molar-refractivity contribution in [3.63, 3.8) is 0 Å². The normalized spacial score (nSPS) is 11.6. The smallest absolute Gasteiger partial charge is 0.203 e. The Morgan fingerprint density at radius 2 is 1.48 bits per heavy atom.